The van der Waals surface area contributed by atoms with Gasteiger partial charge in [0, 0.05) is 31.2 Å². The molecule has 0 unspecified atom stereocenters. The number of hydrogen-bond acceptors (Lipinski definition) is 5. The average Bonchev–Trinajstić information content (AvgIpc) is 3.20. The van der Waals surface area contributed by atoms with Crippen LogP contribution >= 0.6 is 11.8 Å². The molecule has 0 bridgehead atoms. The molecule has 1 fully saturated rings. The molecule has 0 radical (unpaired) electrons. The first-order valence-corrected chi connectivity index (χ1v) is 10.9. The zero-order valence-corrected chi connectivity index (χ0v) is 17.6. The van der Waals surface area contributed by atoms with Crippen molar-refractivity contribution in [2.24, 2.45) is 14.1 Å². The van der Waals surface area contributed by atoms with E-state index in [1.54, 1.807) is 13.2 Å². The van der Waals surface area contributed by atoms with Crippen molar-refractivity contribution in [1.82, 2.24) is 19.4 Å². The number of carbonyl (C=O) groups is 1. The van der Waals surface area contributed by atoms with Crippen molar-refractivity contribution in [3.63, 3.8) is 0 Å². The Labute approximate surface area is 168 Å². The van der Waals surface area contributed by atoms with Gasteiger partial charge in [-0.1, -0.05) is 26.2 Å². The normalized spacial score (nSPS) is 14.7. The summed E-state index contributed by atoms with van der Waals surface area (Å²) in [4.78, 5) is 42.7. The van der Waals surface area contributed by atoms with Gasteiger partial charge in [-0.05, 0) is 31.2 Å². The number of aryl methyl sites for hydroxylation is 2. The molecule has 0 saturated heterocycles. The molecule has 1 aliphatic rings. The summed E-state index contributed by atoms with van der Waals surface area (Å²) in [5.41, 5.74) is 0.569. The zero-order chi connectivity index (χ0) is 20.3. The van der Waals surface area contributed by atoms with Gasteiger partial charge in [-0.2, -0.15) is 0 Å². The molecule has 152 valence electrons. The van der Waals surface area contributed by atoms with Gasteiger partial charge in [0.15, 0.2) is 0 Å². The molecule has 1 aliphatic carbocycles. The molecule has 3 rings (SSSR count). The third kappa shape index (κ3) is 4.16. The molecular weight excluding hydrogens is 376 g/mol. The van der Waals surface area contributed by atoms with E-state index < -0.39 is 5.69 Å². The maximum Gasteiger partial charge on any atom is 0.332 e. The number of carbonyl (C=O) groups excluding carboxylic acids is 1. The van der Waals surface area contributed by atoms with E-state index in [4.69, 9.17) is 0 Å². The molecule has 28 heavy (non-hydrogen) atoms. The minimum atomic E-state index is -0.402. The Bertz CT molecular complexity index is 990. The number of amides is 1. The minimum absolute atomic E-state index is 0.00931. The monoisotopic (exact) mass is 404 g/mol. The maximum absolute atomic E-state index is 12.9. The van der Waals surface area contributed by atoms with Crippen molar-refractivity contribution >= 4 is 28.7 Å². The van der Waals surface area contributed by atoms with Crippen molar-refractivity contribution < 1.29 is 4.79 Å². The number of pyridine rings is 1. The summed E-state index contributed by atoms with van der Waals surface area (Å²) in [6.45, 7) is 2.11. The second-order valence-electron chi connectivity index (χ2n) is 7.46. The van der Waals surface area contributed by atoms with E-state index in [1.807, 2.05) is 0 Å². The fourth-order valence-corrected chi connectivity index (χ4v) is 4.75. The molecule has 0 atom stereocenters. The summed E-state index contributed by atoms with van der Waals surface area (Å²) in [7, 11) is 3.09. The molecule has 1 amide bonds. The van der Waals surface area contributed by atoms with Crippen molar-refractivity contribution in [3.05, 3.63) is 32.6 Å². The van der Waals surface area contributed by atoms with E-state index in [1.165, 1.54) is 23.4 Å². The van der Waals surface area contributed by atoms with E-state index in [2.05, 4.69) is 17.2 Å². The molecule has 0 aliphatic heterocycles. The van der Waals surface area contributed by atoms with Gasteiger partial charge in [-0.3, -0.25) is 18.7 Å². The van der Waals surface area contributed by atoms with Crippen LogP contribution in [0.4, 0.5) is 0 Å². The van der Waals surface area contributed by atoms with E-state index in [9.17, 15) is 14.4 Å². The largest absolute Gasteiger partial charge is 0.353 e. The quantitative estimate of drug-likeness (QED) is 0.715. The predicted molar refractivity (Wildman–Crippen MR) is 112 cm³/mol. The summed E-state index contributed by atoms with van der Waals surface area (Å²) in [6, 6.07) is 0.274. The van der Waals surface area contributed by atoms with Crippen LogP contribution in [0.1, 0.15) is 51.0 Å². The Morgan fingerprint density at radius 1 is 1.25 bits per heavy atom. The lowest BCUT2D eigenvalue weighted by atomic mass is 10.1. The number of nitrogens with one attached hydrogen (secondary N) is 1. The number of unbranched alkanes of at least 4 members (excludes halogenated alkanes) is 1. The molecule has 7 nitrogen and oxygen atoms in total. The minimum Gasteiger partial charge on any atom is -0.353 e. The van der Waals surface area contributed by atoms with Gasteiger partial charge in [-0.15, -0.1) is 11.8 Å². The highest BCUT2D eigenvalue weighted by atomic mass is 32.2. The third-order valence-electron chi connectivity index (χ3n) is 5.36. The highest BCUT2D eigenvalue weighted by molar-refractivity contribution is 8.00. The Balaban J connectivity index is 1.97. The second kappa shape index (κ2) is 8.94. The number of thioether (sulfide) groups is 1. The molecule has 0 aromatic carbocycles. The average molecular weight is 405 g/mol. The molecule has 8 heteroatoms. The molecule has 2 aromatic rings. The Morgan fingerprint density at radius 2 is 1.96 bits per heavy atom. The highest BCUT2D eigenvalue weighted by Crippen LogP contribution is 2.29. The Kier molecular flexibility index (Phi) is 6.59. The van der Waals surface area contributed by atoms with Crippen LogP contribution in [0.5, 0.6) is 0 Å². The first-order valence-electron chi connectivity index (χ1n) is 9.93. The van der Waals surface area contributed by atoms with Crippen LogP contribution in [0.3, 0.4) is 0 Å². The van der Waals surface area contributed by atoms with Crippen LogP contribution in [-0.2, 0) is 25.3 Å². The molecule has 2 aromatic heterocycles. The molecular formula is C20H28N4O3S. The topological polar surface area (TPSA) is 86.0 Å². The fraction of sp³-hybridized carbons (Fsp3) is 0.600. The van der Waals surface area contributed by atoms with E-state index in [0.29, 0.717) is 11.0 Å². The summed E-state index contributed by atoms with van der Waals surface area (Å²) < 4.78 is 2.50. The Hall–Kier alpha value is -2.09. The summed E-state index contributed by atoms with van der Waals surface area (Å²) >= 11 is 1.38. The zero-order valence-electron chi connectivity index (χ0n) is 16.8. The van der Waals surface area contributed by atoms with Gasteiger partial charge in [0.25, 0.3) is 5.56 Å². The lowest BCUT2D eigenvalue weighted by molar-refractivity contribution is -0.119. The summed E-state index contributed by atoms with van der Waals surface area (Å²) in [6.07, 6.45) is 8.94. The molecule has 0 spiro atoms. The molecule has 2 heterocycles. The van der Waals surface area contributed by atoms with Crippen molar-refractivity contribution in [2.75, 3.05) is 5.75 Å². The number of fused-ring (bicyclic) bond motifs is 1. The summed E-state index contributed by atoms with van der Waals surface area (Å²) in [5.74, 6) is 0.241. The van der Waals surface area contributed by atoms with Crippen molar-refractivity contribution in [1.29, 1.82) is 0 Å². The van der Waals surface area contributed by atoms with Gasteiger partial charge in [0.2, 0.25) is 5.91 Å². The Morgan fingerprint density at radius 3 is 2.64 bits per heavy atom. The molecule has 1 N–H and O–H groups in total. The van der Waals surface area contributed by atoms with Crippen LogP contribution < -0.4 is 16.6 Å². The van der Waals surface area contributed by atoms with Crippen LogP contribution in [0.15, 0.2) is 20.7 Å². The SMILES string of the molecule is CCCCc1cnc2c(c1SCC(=O)NC1CCCC1)c(=O)n(C)c(=O)n2C. The lowest BCUT2D eigenvalue weighted by Gasteiger charge is -2.15. The molecule has 1 saturated carbocycles. The first-order chi connectivity index (χ1) is 13.4. The van der Waals surface area contributed by atoms with Crippen molar-refractivity contribution in [2.45, 2.75) is 62.8 Å². The van der Waals surface area contributed by atoms with Gasteiger partial charge < -0.3 is 5.32 Å². The van der Waals surface area contributed by atoms with E-state index >= 15 is 0 Å². The standard InChI is InChI=1S/C20H28N4O3S/c1-4-5-8-13-11-21-18-16(19(26)24(3)20(27)23(18)2)17(13)28-12-15(25)22-14-9-6-7-10-14/h11,14H,4-10,12H2,1-3H3,(H,22,25). The van der Waals surface area contributed by atoms with Gasteiger partial charge >= 0.3 is 5.69 Å². The number of hydrogen-bond donors (Lipinski definition) is 1. The van der Waals surface area contributed by atoms with E-state index in [-0.39, 0.29) is 23.3 Å². The van der Waals surface area contributed by atoms with Crippen LogP contribution in [-0.4, -0.2) is 31.8 Å². The van der Waals surface area contributed by atoms with Gasteiger partial charge in [0.1, 0.15) is 5.65 Å². The lowest BCUT2D eigenvalue weighted by Crippen LogP contribution is -2.37. The van der Waals surface area contributed by atoms with Crippen LogP contribution in [0.2, 0.25) is 0 Å². The summed E-state index contributed by atoms with van der Waals surface area (Å²) in [5, 5.41) is 3.52. The maximum atomic E-state index is 12.9. The smallest absolute Gasteiger partial charge is 0.332 e. The van der Waals surface area contributed by atoms with Gasteiger partial charge in [-0.25, -0.2) is 9.78 Å². The van der Waals surface area contributed by atoms with Gasteiger partial charge in [0.05, 0.1) is 11.1 Å². The van der Waals surface area contributed by atoms with Crippen LogP contribution in [0.25, 0.3) is 11.0 Å². The number of aromatic nitrogens is 3. The van der Waals surface area contributed by atoms with Crippen LogP contribution in [0, 0.1) is 0 Å². The van der Waals surface area contributed by atoms with Crippen molar-refractivity contribution in [3.8, 4) is 0 Å². The number of rotatable bonds is 7. The fourth-order valence-electron chi connectivity index (χ4n) is 3.73. The first kappa shape index (κ1) is 20.6. The number of nitrogens with zero attached hydrogens (tertiary/aromatic N) is 3. The third-order valence-corrected chi connectivity index (χ3v) is 6.52. The highest BCUT2D eigenvalue weighted by Gasteiger charge is 2.20. The second-order valence-corrected chi connectivity index (χ2v) is 8.44. The predicted octanol–water partition coefficient (Wildman–Crippen LogP) is 2.13. The van der Waals surface area contributed by atoms with E-state index in [0.717, 1.165) is 60.0 Å².